The Morgan fingerprint density at radius 1 is 0.893 bits per heavy atom. The van der Waals surface area contributed by atoms with Gasteiger partial charge in [-0.2, -0.15) is 0 Å². The van der Waals surface area contributed by atoms with Gasteiger partial charge in [0.1, 0.15) is 29.6 Å². The number of rotatable bonds is 8. The second-order valence-electron chi connectivity index (χ2n) is 8.65. The maximum atomic E-state index is 12.6. The van der Waals surface area contributed by atoms with Crippen LogP contribution in [0.1, 0.15) is 55.4 Å². The zero-order valence-corrected chi connectivity index (χ0v) is 18.3. The van der Waals surface area contributed by atoms with E-state index in [1.165, 1.54) is 0 Å². The van der Waals surface area contributed by atoms with Gasteiger partial charge in [-0.25, -0.2) is 9.59 Å². The zero-order chi connectivity index (χ0) is 21.5. The summed E-state index contributed by atoms with van der Waals surface area (Å²) in [5, 5.41) is 2.52. The summed E-state index contributed by atoms with van der Waals surface area (Å²) >= 11 is 0. The van der Waals surface area contributed by atoms with Gasteiger partial charge in [-0.3, -0.25) is 0 Å². The molecule has 0 aromatic heterocycles. The highest BCUT2D eigenvalue weighted by Gasteiger charge is 2.34. The van der Waals surface area contributed by atoms with Crippen LogP contribution in [0.3, 0.4) is 0 Å². The summed E-state index contributed by atoms with van der Waals surface area (Å²) in [6.07, 6.45) is -1.44. The molecule has 158 valence electrons. The van der Waals surface area contributed by atoms with Gasteiger partial charge in [0.25, 0.3) is 0 Å². The van der Waals surface area contributed by atoms with E-state index in [1.54, 1.807) is 27.7 Å². The van der Waals surface area contributed by atoms with Crippen molar-refractivity contribution in [3.05, 3.63) is 30.3 Å². The van der Waals surface area contributed by atoms with Crippen LogP contribution in [0.25, 0.3) is 0 Å². The summed E-state index contributed by atoms with van der Waals surface area (Å²) in [6.45, 7) is 14.9. The Balaban J connectivity index is 2.82. The Kier molecular flexibility index (Phi) is 8.79. The number of hydrogen-bond donors (Lipinski definition) is 1. The fourth-order valence-electron chi connectivity index (χ4n) is 2.60. The normalized spacial score (nSPS) is 14.9. The number of para-hydroxylation sites is 1. The molecule has 1 amide bonds. The Hall–Kier alpha value is -2.24. The van der Waals surface area contributed by atoms with Crippen molar-refractivity contribution in [1.29, 1.82) is 0 Å². The van der Waals surface area contributed by atoms with E-state index in [9.17, 15) is 9.59 Å². The van der Waals surface area contributed by atoms with Gasteiger partial charge in [-0.15, -0.1) is 0 Å². The van der Waals surface area contributed by atoms with E-state index in [1.807, 2.05) is 58.0 Å². The summed E-state index contributed by atoms with van der Waals surface area (Å²) in [4.78, 5) is 24.5. The maximum absolute atomic E-state index is 12.6. The Morgan fingerprint density at radius 2 is 1.43 bits per heavy atom. The van der Waals surface area contributed by atoms with Crippen LogP contribution in [0.4, 0.5) is 4.79 Å². The van der Waals surface area contributed by atoms with Crippen molar-refractivity contribution in [1.82, 2.24) is 5.32 Å². The van der Waals surface area contributed by atoms with Crippen molar-refractivity contribution in [2.75, 3.05) is 0 Å². The minimum atomic E-state index is -0.833. The molecule has 0 spiro atoms. The molecule has 6 nitrogen and oxygen atoms in total. The molecule has 0 fully saturated rings. The van der Waals surface area contributed by atoms with Crippen LogP contribution < -0.4 is 10.1 Å². The van der Waals surface area contributed by atoms with E-state index >= 15 is 0 Å². The monoisotopic (exact) mass is 393 g/mol. The van der Waals surface area contributed by atoms with Crippen molar-refractivity contribution in [3.8, 4) is 5.75 Å². The second kappa shape index (κ2) is 10.3. The lowest BCUT2D eigenvalue weighted by molar-refractivity contribution is -0.161. The number of carbonyl (C=O) groups is 2. The number of esters is 1. The molecule has 6 heteroatoms. The Morgan fingerprint density at radius 3 is 1.89 bits per heavy atom. The van der Waals surface area contributed by atoms with Gasteiger partial charge < -0.3 is 19.5 Å². The molecule has 0 saturated carbocycles. The van der Waals surface area contributed by atoms with Gasteiger partial charge in [-0.05, 0) is 51.7 Å². The molecule has 0 aliphatic heterocycles. The number of ether oxygens (including phenoxy) is 3. The molecule has 0 aliphatic carbocycles. The molecule has 0 saturated heterocycles. The molecule has 1 unspecified atom stereocenters. The van der Waals surface area contributed by atoms with Crippen LogP contribution >= 0.6 is 0 Å². The van der Waals surface area contributed by atoms with E-state index in [-0.39, 0.29) is 17.9 Å². The first kappa shape index (κ1) is 23.8. The van der Waals surface area contributed by atoms with Gasteiger partial charge in [0.05, 0.1) is 0 Å². The van der Waals surface area contributed by atoms with Crippen LogP contribution in [0.5, 0.6) is 5.75 Å². The summed E-state index contributed by atoms with van der Waals surface area (Å²) in [5.74, 6) is 0.359. The number of benzene rings is 1. The molecule has 0 radical (unpaired) electrons. The van der Waals surface area contributed by atoms with Crippen LogP contribution in [-0.2, 0) is 14.3 Å². The minimum Gasteiger partial charge on any atom is -0.486 e. The Labute approximate surface area is 168 Å². The first-order chi connectivity index (χ1) is 12.9. The predicted octanol–water partition coefficient (Wildman–Crippen LogP) is 4.57. The molecule has 1 N–H and O–H groups in total. The third-order valence-corrected chi connectivity index (χ3v) is 3.99. The van der Waals surface area contributed by atoms with Crippen molar-refractivity contribution < 1.29 is 23.8 Å². The SMILES string of the molecule is CC(C)C(OC(=O)[C@H](C)NC(=O)OC(C)(C)C)[C@H](Oc1ccccc1)C(C)C. The summed E-state index contributed by atoms with van der Waals surface area (Å²) in [7, 11) is 0. The molecule has 28 heavy (non-hydrogen) atoms. The van der Waals surface area contributed by atoms with Gasteiger partial charge in [0, 0.05) is 0 Å². The van der Waals surface area contributed by atoms with E-state index in [0.29, 0.717) is 0 Å². The quantitative estimate of drug-likeness (QED) is 0.655. The number of hydrogen-bond acceptors (Lipinski definition) is 5. The minimum absolute atomic E-state index is 0.0359. The molecule has 0 bridgehead atoms. The lowest BCUT2D eigenvalue weighted by Gasteiger charge is -2.33. The van der Waals surface area contributed by atoms with Crippen LogP contribution in [0.15, 0.2) is 30.3 Å². The van der Waals surface area contributed by atoms with Crippen LogP contribution in [0, 0.1) is 11.8 Å². The zero-order valence-electron chi connectivity index (χ0n) is 18.3. The molecular formula is C22H35NO5. The molecule has 1 aromatic rings. The first-order valence-corrected chi connectivity index (χ1v) is 9.82. The summed E-state index contributed by atoms with van der Waals surface area (Å²) in [5.41, 5.74) is -0.638. The Bertz CT molecular complexity index is 622. The largest absolute Gasteiger partial charge is 0.486 e. The molecular weight excluding hydrogens is 358 g/mol. The molecule has 1 rings (SSSR count). The third-order valence-electron chi connectivity index (χ3n) is 3.99. The first-order valence-electron chi connectivity index (χ1n) is 9.82. The van der Waals surface area contributed by atoms with Gasteiger partial charge in [0.15, 0.2) is 0 Å². The van der Waals surface area contributed by atoms with Crippen molar-refractivity contribution >= 4 is 12.1 Å². The van der Waals surface area contributed by atoms with Gasteiger partial charge >= 0.3 is 12.1 Å². The maximum Gasteiger partial charge on any atom is 0.408 e. The van der Waals surface area contributed by atoms with Crippen molar-refractivity contribution in [2.24, 2.45) is 11.8 Å². The average molecular weight is 394 g/mol. The smallest absolute Gasteiger partial charge is 0.408 e. The predicted molar refractivity (Wildman–Crippen MR) is 109 cm³/mol. The second-order valence-corrected chi connectivity index (χ2v) is 8.65. The highest BCUT2D eigenvalue weighted by Crippen LogP contribution is 2.24. The third kappa shape index (κ3) is 8.19. The fourth-order valence-corrected chi connectivity index (χ4v) is 2.60. The highest BCUT2D eigenvalue weighted by atomic mass is 16.6. The highest BCUT2D eigenvalue weighted by molar-refractivity contribution is 5.81. The lowest BCUT2D eigenvalue weighted by atomic mass is 9.93. The number of nitrogens with one attached hydrogen (secondary N) is 1. The van der Waals surface area contributed by atoms with Crippen molar-refractivity contribution in [2.45, 2.75) is 79.2 Å². The van der Waals surface area contributed by atoms with E-state index in [0.717, 1.165) is 5.75 Å². The fraction of sp³-hybridized carbons (Fsp3) is 0.636. The summed E-state index contributed by atoms with van der Waals surface area (Å²) < 4.78 is 17.1. The van der Waals surface area contributed by atoms with Gasteiger partial charge in [0.2, 0.25) is 0 Å². The van der Waals surface area contributed by atoms with Crippen LogP contribution in [0.2, 0.25) is 0 Å². The number of carbonyl (C=O) groups excluding carboxylic acids is 2. The van der Waals surface area contributed by atoms with Gasteiger partial charge in [-0.1, -0.05) is 45.9 Å². The number of amides is 1. The molecule has 0 heterocycles. The van der Waals surface area contributed by atoms with Crippen molar-refractivity contribution in [3.63, 3.8) is 0 Å². The molecule has 1 aromatic carbocycles. The topological polar surface area (TPSA) is 73.9 Å². The average Bonchev–Trinajstić information content (AvgIpc) is 2.56. The summed E-state index contributed by atoms with van der Waals surface area (Å²) in [6, 6.07) is 8.64. The lowest BCUT2D eigenvalue weighted by Crippen LogP contribution is -2.48. The molecule has 3 atom stereocenters. The van der Waals surface area contributed by atoms with E-state index in [4.69, 9.17) is 14.2 Å². The standard InChI is InChI=1S/C22H35NO5/c1-14(2)18(26-17-12-10-9-11-13-17)19(15(3)4)27-20(24)16(5)23-21(25)28-22(6,7)8/h9-16,18-19H,1-8H3,(H,23,25)/t16-,18+,19?/m0/s1. The van der Waals surface area contributed by atoms with E-state index in [2.05, 4.69) is 5.32 Å². The van der Waals surface area contributed by atoms with E-state index < -0.39 is 29.8 Å². The number of alkyl carbamates (subject to hydrolysis) is 1. The molecule has 0 aliphatic rings. The van der Waals surface area contributed by atoms with Crippen LogP contribution in [-0.4, -0.2) is 35.9 Å².